The van der Waals surface area contributed by atoms with E-state index in [0.29, 0.717) is 0 Å². The van der Waals surface area contributed by atoms with Crippen molar-refractivity contribution in [2.45, 2.75) is 6.92 Å². The molecule has 0 spiro atoms. The summed E-state index contributed by atoms with van der Waals surface area (Å²) in [5.74, 6) is -0.375. The van der Waals surface area contributed by atoms with Crippen LogP contribution in [0.15, 0.2) is 5.28 Å². The maximum atomic E-state index is 9.97. The molecule has 5 heteroatoms. The van der Waals surface area contributed by atoms with Gasteiger partial charge in [0.1, 0.15) is 0 Å². The van der Waals surface area contributed by atoms with Gasteiger partial charge in [0.25, 0.3) is 0 Å². The molecular weight excluding hydrogens is 112 g/mol. The van der Waals surface area contributed by atoms with Crippen LogP contribution >= 0.6 is 0 Å². The second-order valence-electron chi connectivity index (χ2n) is 1.29. The fourth-order valence-corrected chi connectivity index (χ4v) is 0.219. The number of carbonyl (C=O) groups excluding carboxylic acids is 1. The van der Waals surface area contributed by atoms with E-state index in [4.69, 9.17) is 0 Å². The van der Waals surface area contributed by atoms with Gasteiger partial charge in [0.2, 0.25) is 6.54 Å². The van der Waals surface area contributed by atoms with Gasteiger partial charge in [0, 0.05) is 6.92 Å². The Morgan fingerprint density at radius 1 is 1.88 bits per heavy atom. The van der Waals surface area contributed by atoms with Crippen molar-refractivity contribution in [3.63, 3.8) is 0 Å². The number of ketones is 1. The molecule has 0 N–H and O–H groups in total. The molecule has 0 aliphatic heterocycles. The first-order chi connectivity index (χ1) is 3.66. The van der Waals surface area contributed by atoms with Gasteiger partial charge in [-0.25, -0.2) is 0 Å². The van der Waals surface area contributed by atoms with E-state index < -0.39 is 6.54 Å². The molecule has 0 rings (SSSR count). The van der Waals surface area contributed by atoms with Gasteiger partial charge in [-0.05, 0) is 5.28 Å². The molecule has 0 aliphatic rings. The van der Waals surface area contributed by atoms with Crippen LogP contribution in [0.3, 0.4) is 0 Å². The molecule has 0 aromatic rings. The van der Waals surface area contributed by atoms with Crippen molar-refractivity contribution >= 4 is 5.78 Å². The molecule has 0 bridgehead atoms. The number of hydrogen-bond donors (Lipinski definition) is 0. The third-order valence-corrected chi connectivity index (χ3v) is 0.449. The topological polar surface area (TPSA) is 78.6 Å². The van der Waals surface area contributed by atoms with Crippen LogP contribution in [-0.2, 0) is 4.79 Å². The van der Waals surface area contributed by atoms with Crippen molar-refractivity contribution in [2.24, 2.45) is 5.28 Å². The smallest absolute Gasteiger partial charge is 0.237 e. The Labute approximate surface area is 45.8 Å². The Morgan fingerprint density at radius 3 is 2.50 bits per heavy atom. The average molecular weight is 117 g/mol. The molecule has 0 fully saturated rings. The van der Waals surface area contributed by atoms with Crippen LogP contribution < -0.4 is 0 Å². The van der Waals surface area contributed by atoms with Crippen molar-refractivity contribution in [1.29, 1.82) is 0 Å². The normalized spacial score (nSPS) is 11.4. The van der Waals surface area contributed by atoms with Gasteiger partial charge in [-0.3, -0.25) is 4.79 Å². The van der Waals surface area contributed by atoms with Crippen LogP contribution in [0.5, 0.6) is 0 Å². The minimum atomic E-state index is -0.455. The van der Waals surface area contributed by atoms with Crippen molar-refractivity contribution < 1.29 is 9.66 Å². The van der Waals surface area contributed by atoms with Gasteiger partial charge < -0.3 is 10.4 Å². The Morgan fingerprint density at radius 2 is 2.38 bits per heavy atom. The van der Waals surface area contributed by atoms with Gasteiger partial charge in [0.15, 0.2) is 5.78 Å². The summed E-state index contributed by atoms with van der Waals surface area (Å²) >= 11 is 0. The van der Waals surface area contributed by atoms with E-state index in [9.17, 15) is 15.2 Å². The van der Waals surface area contributed by atoms with E-state index in [1.54, 1.807) is 0 Å². The maximum absolute atomic E-state index is 9.97. The molecule has 0 aromatic carbocycles. The van der Waals surface area contributed by atoms with Crippen LogP contribution in [0.1, 0.15) is 6.92 Å². The van der Waals surface area contributed by atoms with Crippen LogP contribution in [-0.4, -0.2) is 17.2 Å². The highest BCUT2D eigenvalue weighted by molar-refractivity contribution is 5.76. The van der Waals surface area contributed by atoms with Gasteiger partial charge in [0.05, 0.1) is 0 Å². The fourth-order valence-electron chi connectivity index (χ4n) is 0.219. The second-order valence-corrected chi connectivity index (χ2v) is 1.29. The molecule has 5 nitrogen and oxygen atoms in total. The SMILES string of the molecule is CC(=O)C/[N+]([O-])=N/[O-]. The number of carbonyl (C=O) groups is 1. The first kappa shape index (κ1) is 6.87. The summed E-state index contributed by atoms with van der Waals surface area (Å²) in [7, 11) is 0. The lowest BCUT2D eigenvalue weighted by atomic mass is 10.5. The quantitative estimate of drug-likeness (QED) is 0.291. The highest BCUT2D eigenvalue weighted by Crippen LogP contribution is 1.74. The average Bonchev–Trinajstić information content (AvgIpc) is 1.65. The molecule has 0 saturated heterocycles. The lowest BCUT2D eigenvalue weighted by molar-refractivity contribution is -0.513. The van der Waals surface area contributed by atoms with Gasteiger partial charge in [-0.1, -0.05) is 4.86 Å². The third kappa shape index (κ3) is 3.08. The molecule has 0 radical (unpaired) electrons. The summed E-state index contributed by atoms with van der Waals surface area (Å²) in [6, 6.07) is 0. The van der Waals surface area contributed by atoms with E-state index in [0.717, 1.165) is 0 Å². The van der Waals surface area contributed by atoms with Gasteiger partial charge >= 0.3 is 0 Å². The van der Waals surface area contributed by atoms with Crippen molar-refractivity contribution in [3.8, 4) is 0 Å². The Hall–Kier alpha value is -1.13. The molecular formula is C3H5N2O3-. The summed E-state index contributed by atoms with van der Waals surface area (Å²) in [5.41, 5.74) is 0. The van der Waals surface area contributed by atoms with Crippen molar-refractivity contribution in [2.75, 3.05) is 6.54 Å². The zero-order valence-corrected chi connectivity index (χ0v) is 4.33. The minimum absolute atomic E-state index is 0.206. The highest BCUT2D eigenvalue weighted by atomic mass is 16.6. The number of rotatable bonds is 2. The number of nitrogens with zero attached hydrogens (tertiary/aromatic N) is 2. The zero-order chi connectivity index (χ0) is 6.57. The van der Waals surface area contributed by atoms with Crippen LogP contribution in [0.4, 0.5) is 0 Å². The summed E-state index contributed by atoms with van der Waals surface area (Å²) in [4.78, 5) is 9.77. The molecule has 0 saturated carbocycles. The minimum Gasteiger partial charge on any atom is -0.739 e. The second kappa shape index (κ2) is 2.95. The maximum Gasteiger partial charge on any atom is 0.237 e. The predicted molar refractivity (Wildman–Crippen MR) is 25.0 cm³/mol. The number of Topliss-reactive ketones (excluding diaryl/α,β-unsaturated/α-hetero) is 1. The Kier molecular flexibility index (Phi) is 2.53. The number of hydrogen-bond acceptors (Lipinski definition) is 4. The van der Waals surface area contributed by atoms with Crippen molar-refractivity contribution in [1.82, 2.24) is 0 Å². The largest absolute Gasteiger partial charge is 0.739 e. The highest BCUT2D eigenvalue weighted by Gasteiger charge is 1.96. The molecule has 0 amide bonds. The lowest BCUT2D eigenvalue weighted by Crippen LogP contribution is -2.09. The van der Waals surface area contributed by atoms with Crippen LogP contribution in [0.25, 0.3) is 0 Å². The van der Waals surface area contributed by atoms with Gasteiger partial charge in [-0.2, -0.15) is 0 Å². The third-order valence-electron chi connectivity index (χ3n) is 0.449. The standard InChI is InChI=1S/C3H6N2O3/c1-3(6)2-5(8)4-7/h7H,2H2,1H3/p-1/b5-4-. The first-order valence-corrected chi connectivity index (χ1v) is 1.94. The molecule has 46 valence electrons. The van der Waals surface area contributed by atoms with E-state index in [1.165, 1.54) is 6.92 Å². The first-order valence-electron chi connectivity index (χ1n) is 1.94. The summed E-state index contributed by atoms with van der Waals surface area (Å²) in [5, 5.41) is 21.0. The molecule has 0 aromatic heterocycles. The molecule has 0 aliphatic carbocycles. The monoisotopic (exact) mass is 117 g/mol. The predicted octanol–water partition coefficient (Wildman–Crippen LogP) is 0.0357. The molecule has 0 heterocycles. The van der Waals surface area contributed by atoms with Crippen LogP contribution in [0, 0.1) is 10.4 Å². The van der Waals surface area contributed by atoms with E-state index in [-0.39, 0.29) is 10.6 Å². The van der Waals surface area contributed by atoms with Crippen LogP contribution in [0.2, 0.25) is 0 Å². The lowest BCUT2D eigenvalue weighted by Gasteiger charge is -1.96. The molecule has 0 atom stereocenters. The summed E-state index contributed by atoms with van der Waals surface area (Å²) in [6.07, 6.45) is 0. The molecule has 0 unspecified atom stereocenters. The number of hydroxylamine groups is 1. The zero-order valence-electron chi connectivity index (χ0n) is 4.33. The fraction of sp³-hybridized carbons (Fsp3) is 0.667. The van der Waals surface area contributed by atoms with Crippen molar-refractivity contribution in [3.05, 3.63) is 10.4 Å². The van der Waals surface area contributed by atoms with E-state index >= 15 is 0 Å². The molecule has 8 heavy (non-hydrogen) atoms. The summed E-state index contributed by atoms with van der Waals surface area (Å²) in [6.45, 7) is 0.750. The van der Waals surface area contributed by atoms with Gasteiger partial charge in [-0.15, -0.1) is 0 Å². The van der Waals surface area contributed by atoms with E-state index in [1.807, 2.05) is 5.28 Å². The Bertz CT molecular complexity index is 120. The van der Waals surface area contributed by atoms with E-state index in [2.05, 4.69) is 0 Å². The Balaban J connectivity index is 3.56. The summed E-state index contributed by atoms with van der Waals surface area (Å²) < 4.78 is 0.